The first-order valence-corrected chi connectivity index (χ1v) is 13.6. The van der Waals surface area contributed by atoms with Crippen LogP contribution in [0.3, 0.4) is 0 Å². The molecule has 206 valence electrons. The summed E-state index contributed by atoms with van der Waals surface area (Å²) in [5.74, 6) is 0.575. The number of halogens is 1. The predicted molar refractivity (Wildman–Crippen MR) is 150 cm³/mol. The fourth-order valence-electron chi connectivity index (χ4n) is 5.93. The molecule has 2 aliphatic rings. The van der Waals surface area contributed by atoms with Crippen molar-refractivity contribution in [3.8, 4) is 11.5 Å². The second-order valence-corrected chi connectivity index (χ2v) is 11.4. The van der Waals surface area contributed by atoms with Crippen LogP contribution >= 0.6 is 0 Å². The molecule has 39 heavy (non-hydrogen) atoms. The standard InChI is InChI=1S/C32H37FN2O4/c1-32(2,3)39-31(37)35-16-14-34(15-17-35)28-20-29(38-4)26(19-27(28)33)30-24(21-8-6-5-7-9-21)12-10-22-18-23(36)11-13-25(22)30/h5-9,11,13,18-20,24,30,36H,10,12,14-17H2,1-4H3/t24-,30+/m0/s1. The number of nitrogens with zero attached hydrogens (tertiary/aromatic N) is 2. The molecular formula is C32H37FN2O4. The summed E-state index contributed by atoms with van der Waals surface area (Å²) in [5, 5.41) is 10.1. The number of methoxy groups -OCH3 is 1. The van der Waals surface area contributed by atoms with Crippen molar-refractivity contribution in [2.45, 2.75) is 51.0 Å². The lowest BCUT2D eigenvalue weighted by Crippen LogP contribution is -2.50. The number of fused-ring (bicyclic) bond motifs is 1. The van der Waals surface area contributed by atoms with Gasteiger partial charge in [-0.05, 0) is 74.4 Å². The van der Waals surface area contributed by atoms with Crippen LogP contribution in [0.25, 0.3) is 0 Å². The van der Waals surface area contributed by atoms with Gasteiger partial charge in [-0.3, -0.25) is 0 Å². The number of benzene rings is 3. The fourth-order valence-corrected chi connectivity index (χ4v) is 5.93. The van der Waals surface area contributed by atoms with E-state index in [-0.39, 0.29) is 29.5 Å². The maximum absolute atomic E-state index is 15.9. The van der Waals surface area contributed by atoms with E-state index in [9.17, 15) is 9.90 Å². The number of phenols is 1. The molecule has 0 unspecified atom stereocenters. The Labute approximate surface area is 230 Å². The van der Waals surface area contributed by atoms with Crippen LogP contribution in [-0.2, 0) is 11.2 Å². The van der Waals surface area contributed by atoms with Gasteiger partial charge in [-0.2, -0.15) is 0 Å². The lowest BCUT2D eigenvalue weighted by Gasteiger charge is -2.38. The Morgan fingerprint density at radius 1 is 0.974 bits per heavy atom. The van der Waals surface area contributed by atoms with Crippen molar-refractivity contribution in [3.63, 3.8) is 0 Å². The summed E-state index contributed by atoms with van der Waals surface area (Å²) in [4.78, 5) is 16.1. The highest BCUT2D eigenvalue weighted by molar-refractivity contribution is 5.69. The van der Waals surface area contributed by atoms with Gasteiger partial charge in [-0.1, -0.05) is 36.4 Å². The van der Waals surface area contributed by atoms with E-state index in [1.807, 2.05) is 56.0 Å². The summed E-state index contributed by atoms with van der Waals surface area (Å²) in [6.07, 6.45) is 1.37. The zero-order valence-electron chi connectivity index (χ0n) is 23.1. The Hall–Kier alpha value is -3.74. The maximum Gasteiger partial charge on any atom is 0.410 e. The number of rotatable bonds is 4. The molecule has 5 rings (SSSR count). The molecule has 1 N–H and O–H groups in total. The van der Waals surface area contributed by atoms with Gasteiger partial charge in [-0.25, -0.2) is 9.18 Å². The van der Waals surface area contributed by atoms with Crippen molar-refractivity contribution in [3.05, 3.63) is 88.7 Å². The summed E-state index contributed by atoms with van der Waals surface area (Å²) in [5.41, 5.74) is 4.08. The lowest BCUT2D eigenvalue weighted by molar-refractivity contribution is 0.0240. The van der Waals surface area contributed by atoms with Crippen LogP contribution in [0, 0.1) is 5.82 Å². The number of hydrogen-bond acceptors (Lipinski definition) is 5. The van der Waals surface area contributed by atoms with Crippen molar-refractivity contribution < 1.29 is 23.8 Å². The summed E-state index contributed by atoms with van der Waals surface area (Å²) >= 11 is 0. The van der Waals surface area contributed by atoms with E-state index in [4.69, 9.17) is 9.47 Å². The quantitative estimate of drug-likeness (QED) is 0.418. The molecule has 7 heteroatoms. The highest BCUT2D eigenvalue weighted by Crippen LogP contribution is 2.50. The molecule has 3 aromatic rings. The molecule has 0 radical (unpaired) electrons. The normalized spacial score (nSPS) is 19.4. The average Bonchev–Trinajstić information content (AvgIpc) is 2.92. The van der Waals surface area contributed by atoms with E-state index >= 15 is 4.39 Å². The third kappa shape index (κ3) is 5.68. The van der Waals surface area contributed by atoms with Crippen LogP contribution < -0.4 is 9.64 Å². The fraction of sp³-hybridized carbons (Fsp3) is 0.406. The van der Waals surface area contributed by atoms with Gasteiger partial charge in [0, 0.05) is 43.7 Å². The van der Waals surface area contributed by atoms with Gasteiger partial charge in [0.2, 0.25) is 0 Å². The number of phenolic OH excluding ortho intramolecular Hbond substituents is 1. The Kier molecular flexibility index (Phi) is 7.43. The van der Waals surface area contributed by atoms with Crippen molar-refractivity contribution in [1.82, 2.24) is 4.90 Å². The summed E-state index contributed by atoms with van der Waals surface area (Å²) in [7, 11) is 1.62. The Morgan fingerprint density at radius 3 is 2.36 bits per heavy atom. The number of aromatic hydroxyl groups is 1. The Balaban J connectivity index is 1.47. The smallest absolute Gasteiger partial charge is 0.410 e. The van der Waals surface area contributed by atoms with E-state index < -0.39 is 5.60 Å². The highest BCUT2D eigenvalue weighted by atomic mass is 19.1. The zero-order valence-corrected chi connectivity index (χ0v) is 23.1. The highest BCUT2D eigenvalue weighted by Gasteiger charge is 2.35. The summed E-state index contributed by atoms with van der Waals surface area (Å²) < 4.78 is 27.3. The average molecular weight is 533 g/mol. The predicted octanol–water partition coefficient (Wildman–Crippen LogP) is 6.46. The van der Waals surface area contributed by atoms with Crippen molar-refractivity contribution in [1.29, 1.82) is 0 Å². The van der Waals surface area contributed by atoms with Crippen molar-refractivity contribution in [2.24, 2.45) is 0 Å². The second-order valence-electron chi connectivity index (χ2n) is 11.4. The van der Waals surface area contributed by atoms with E-state index in [1.54, 1.807) is 30.2 Å². The molecule has 1 saturated heterocycles. The largest absolute Gasteiger partial charge is 0.508 e. The maximum atomic E-state index is 15.9. The van der Waals surface area contributed by atoms with Gasteiger partial charge in [0.05, 0.1) is 12.8 Å². The van der Waals surface area contributed by atoms with Crippen LogP contribution in [0.1, 0.15) is 61.3 Å². The number of amides is 1. The minimum Gasteiger partial charge on any atom is -0.508 e. The molecule has 3 aromatic carbocycles. The minimum atomic E-state index is -0.558. The number of carbonyl (C=O) groups is 1. The molecule has 0 spiro atoms. The molecule has 1 fully saturated rings. The third-order valence-electron chi connectivity index (χ3n) is 7.72. The number of anilines is 1. The first-order chi connectivity index (χ1) is 18.6. The first kappa shape index (κ1) is 26.9. The van der Waals surface area contributed by atoms with Gasteiger partial charge in [0.1, 0.15) is 22.9 Å². The molecule has 0 bridgehead atoms. The van der Waals surface area contributed by atoms with E-state index in [0.717, 1.165) is 29.5 Å². The molecule has 2 atom stereocenters. The van der Waals surface area contributed by atoms with E-state index in [1.165, 1.54) is 5.56 Å². The van der Waals surface area contributed by atoms with Crippen molar-refractivity contribution in [2.75, 3.05) is 38.2 Å². The number of aryl methyl sites for hydroxylation is 1. The Morgan fingerprint density at radius 2 is 1.69 bits per heavy atom. The van der Waals surface area contributed by atoms with Crippen molar-refractivity contribution >= 4 is 11.8 Å². The van der Waals surface area contributed by atoms with Crippen LogP contribution in [0.4, 0.5) is 14.9 Å². The van der Waals surface area contributed by atoms with Crippen LogP contribution in [0.2, 0.25) is 0 Å². The van der Waals surface area contributed by atoms with Gasteiger partial charge in [0.15, 0.2) is 0 Å². The number of hydrogen-bond donors (Lipinski definition) is 1. The summed E-state index contributed by atoms with van der Waals surface area (Å²) in [6, 6.07) is 19.3. The van der Waals surface area contributed by atoms with E-state index in [2.05, 4.69) is 12.1 Å². The number of ether oxygens (including phenoxy) is 2. The molecule has 0 saturated carbocycles. The zero-order chi connectivity index (χ0) is 27.7. The number of carbonyl (C=O) groups excluding carboxylic acids is 1. The van der Waals surface area contributed by atoms with Gasteiger partial charge in [-0.15, -0.1) is 0 Å². The van der Waals surface area contributed by atoms with Crippen LogP contribution in [0.15, 0.2) is 60.7 Å². The van der Waals surface area contributed by atoms with E-state index in [0.29, 0.717) is 37.6 Å². The van der Waals surface area contributed by atoms with Crippen LogP contribution in [-0.4, -0.2) is 55.0 Å². The molecular weight excluding hydrogens is 495 g/mol. The molecule has 0 aromatic heterocycles. The summed E-state index contributed by atoms with van der Waals surface area (Å²) in [6.45, 7) is 7.44. The van der Waals surface area contributed by atoms with Crippen LogP contribution in [0.5, 0.6) is 11.5 Å². The lowest BCUT2D eigenvalue weighted by atomic mass is 9.69. The Bertz CT molecular complexity index is 1330. The molecule has 6 nitrogen and oxygen atoms in total. The molecule has 1 aliphatic heterocycles. The third-order valence-corrected chi connectivity index (χ3v) is 7.72. The van der Waals surface area contributed by atoms with Gasteiger partial charge >= 0.3 is 6.09 Å². The molecule has 1 amide bonds. The van der Waals surface area contributed by atoms with Gasteiger partial charge in [0.25, 0.3) is 0 Å². The monoisotopic (exact) mass is 532 g/mol. The molecule has 1 aliphatic carbocycles. The number of piperazine rings is 1. The first-order valence-electron chi connectivity index (χ1n) is 13.6. The topological polar surface area (TPSA) is 62.2 Å². The second kappa shape index (κ2) is 10.8. The minimum absolute atomic E-state index is 0.126. The SMILES string of the molecule is COc1cc(N2CCN(C(=O)OC(C)(C)C)CC2)c(F)cc1[C@H]1c2ccc(O)cc2CC[C@H]1c1ccccc1. The molecule has 1 heterocycles. The van der Waals surface area contributed by atoms with Gasteiger partial charge < -0.3 is 24.4 Å².